The van der Waals surface area contributed by atoms with E-state index in [4.69, 9.17) is 0 Å². The van der Waals surface area contributed by atoms with Crippen molar-refractivity contribution in [1.82, 2.24) is 5.32 Å². The molecule has 0 aromatic carbocycles. The summed E-state index contributed by atoms with van der Waals surface area (Å²) in [5.74, 6) is 3.52. The minimum Gasteiger partial charge on any atom is -0.393 e. The Morgan fingerprint density at radius 2 is 2.06 bits per heavy atom. The molecule has 1 aliphatic heterocycles. The van der Waals surface area contributed by atoms with Crippen LogP contribution < -0.4 is 5.32 Å². The van der Waals surface area contributed by atoms with Gasteiger partial charge in [-0.05, 0) is 49.5 Å². The molecule has 0 aliphatic carbocycles. The molecule has 2 N–H and O–H groups in total. The van der Waals surface area contributed by atoms with E-state index < -0.39 is 0 Å². The monoisotopic (exact) mass is 259 g/mol. The van der Waals surface area contributed by atoms with Gasteiger partial charge in [0, 0.05) is 13.0 Å². The van der Waals surface area contributed by atoms with Gasteiger partial charge in [-0.1, -0.05) is 6.92 Å². The number of thioether (sulfide) groups is 1. The SMILES string of the molecule is CC(O)CC(C)CNC(=O)CC1CCSCC1. The first kappa shape index (κ1) is 14.8. The highest BCUT2D eigenvalue weighted by Crippen LogP contribution is 2.25. The summed E-state index contributed by atoms with van der Waals surface area (Å²) in [6, 6.07) is 0. The van der Waals surface area contributed by atoms with Gasteiger partial charge in [0.2, 0.25) is 5.91 Å². The third-order valence-electron chi connectivity index (χ3n) is 3.21. The molecule has 3 nitrogen and oxygen atoms in total. The third-order valence-corrected chi connectivity index (χ3v) is 4.25. The zero-order valence-electron chi connectivity index (χ0n) is 10.9. The van der Waals surface area contributed by atoms with Crippen LogP contribution in [-0.2, 0) is 4.79 Å². The fraction of sp³-hybridized carbons (Fsp3) is 0.923. The van der Waals surface area contributed by atoms with Gasteiger partial charge in [0.05, 0.1) is 6.10 Å². The van der Waals surface area contributed by atoms with E-state index in [9.17, 15) is 9.90 Å². The van der Waals surface area contributed by atoms with Gasteiger partial charge >= 0.3 is 0 Å². The molecule has 1 aliphatic rings. The van der Waals surface area contributed by atoms with Crippen LogP contribution in [0.25, 0.3) is 0 Å². The molecular formula is C13H25NO2S. The molecule has 2 atom stereocenters. The van der Waals surface area contributed by atoms with E-state index >= 15 is 0 Å². The van der Waals surface area contributed by atoms with Crippen LogP contribution in [-0.4, -0.2) is 35.2 Å². The Bertz CT molecular complexity index is 227. The van der Waals surface area contributed by atoms with Crippen molar-refractivity contribution in [3.8, 4) is 0 Å². The molecule has 0 radical (unpaired) electrons. The first-order chi connectivity index (χ1) is 8.08. The Kier molecular flexibility index (Phi) is 6.97. The lowest BCUT2D eigenvalue weighted by Crippen LogP contribution is -2.31. The van der Waals surface area contributed by atoms with E-state index in [-0.39, 0.29) is 12.0 Å². The molecule has 1 amide bonds. The lowest BCUT2D eigenvalue weighted by Gasteiger charge is -2.21. The molecule has 100 valence electrons. The lowest BCUT2D eigenvalue weighted by atomic mass is 9.98. The second-order valence-corrected chi connectivity index (χ2v) is 6.48. The van der Waals surface area contributed by atoms with E-state index in [1.165, 1.54) is 24.3 Å². The standard InChI is InChI=1S/C13H25NO2S/c1-10(7-11(2)15)9-14-13(16)8-12-3-5-17-6-4-12/h10-12,15H,3-9H2,1-2H3,(H,14,16). The van der Waals surface area contributed by atoms with E-state index in [2.05, 4.69) is 12.2 Å². The van der Waals surface area contributed by atoms with Crippen LogP contribution in [0.3, 0.4) is 0 Å². The summed E-state index contributed by atoms with van der Waals surface area (Å²) < 4.78 is 0. The first-order valence-electron chi connectivity index (χ1n) is 6.60. The van der Waals surface area contributed by atoms with Crippen LogP contribution in [0.4, 0.5) is 0 Å². The summed E-state index contributed by atoms with van der Waals surface area (Å²) in [6.45, 7) is 4.54. The number of nitrogens with one attached hydrogen (secondary N) is 1. The van der Waals surface area contributed by atoms with E-state index in [1.54, 1.807) is 6.92 Å². The molecule has 4 heteroatoms. The number of amides is 1. The highest BCUT2D eigenvalue weighted by molar-refractivity contribution is 7.99. The minimum atomic E-state index is -0.280. The highest BCUT2D eigenvalue weighted by atomic mass is 32.2. The number of aliphatic hydroxyl groups is 1. The lowest BCUT2D eigenvalue weighted by molar-refractivity contribution is -0.122. The van der Waals surface area contributed by atoms with Gasteiger partial charge in [-0.25, -0.2) is 0 Å². The predicted molar refractivity (Wildman–Crippen MR) is 73.1 cm³/mol. The maximum absolute atomic E-state index is 11.7. The second kappa shape index (κ2) is 7.98. The molecule has 0 spiro atoms. The fourth-order valence-corrected chi connectivity index (χ4v) is 3.44. The minimum absolute atomic E-state index is 0.180. The van der Waals surface area contributed by atoms with Crippen molar-refractivity contribution in [1.29, 1.82) is 0 Å². The molecule has 17 heavy (non-hydrogen) atoms. The Balaban J connectivity index is 2.11. The van der Waals surface area contributed by atoms with E-state index in [0.717, 1.165) is 6.42 Å². The van der Waals surface area contributed by atoms with Crippen LogP contribution in [0.5, 0.6) is 0 Å². The summed E-state index contributed by atoms with van der Waals surface area (Å²) in [6.07, 6.45) is 3.52. The van der Waals surface area contributed by atoms with Crippen molar-refractivity contribution >= 4 is 17.7 Å². The number of carbonyl (C=O) groups excluding carboxylic acids is 1. The molecule has 0 aromatic heterocycles. The van der Waals surface area contributed by atoms with Gasteiger partial charge in [-0.15, -0.1) is 0 Å². The number of hydrogen-bond donors (Lipinski definition) is 2. The van der Waals surface area contributed by atoms with Crippen molar-refractivity contribution in [2.45, 2.75) is 45.6 Å². The number of rotatable bonds is 6. The van der Waals surface area contributed by atoms with Gasteiger partial charge in [0.1, 0.15) is 0 Å². The van der Waals surface area contributed by atoms with Crippen LogP contribution >= 0.6 is 11.8 Å². The number of aliphatic hydroxyl groups excluding tert-OH is 1. The molecule has 0 bridgehead atoms. The Labute approximate surface area is 109 Å². The molecule has 1 heterocycles. The molecular weight excluding hydrogens is 234 g/mol. The fourth-order valence-electron chi connectivity index (χ4n) is 2.24. The molecule has 1 saturated heterocycles. The summed E-state index contributed by atoms with van der Waals surface area (Å²) in [7, 11) is 0. The zero-order chi connectivity index (χ0) is 12.7. The van der Waals surface area contributed by atoms with E-state index in [0.29, 0.717) is 24.8 Å². The molecule has 0 aromatic rings. The molecule has 1 fully saturated rings. The summed E-state index contributed by atoms with van der Waals surface area (Å²) in [4.78, 5) is 11.7. The maximum atomic E-state index is 11.7. The maximum Gasteiger partial charge on any atom is 0.220 e. The van der Waals surface area contributed by atoms with Gasteiger partial charge < -0.3 is 10.4 Å². The first-order valence-corrected chi connectivity index (χ1v) is 7.76. The summed E-state index contributed by atoms with van der Waals surface area (Å²) in [5.41, 5.74) is 0. The largest absolute Gasteiger partial charge is 0.393 e. The van der Waals surface area contributed by atoms with Crippen LogP contribution in [0, 0.1) is 11.8 Å². The summed E-state index contributed by atoms with van der Waals surface area (Å²) >= 11 is 1.99. The van der Waals surface area contributed by atoms with Crippen LogP contribution in [0.2, 0.25) is 0 Å². The average molecular weight is 259 g/mol. The van der Waals surface area contributed by atoms with E-state index in [1.807, 2.05) is 11.8 Å². The van der Waals surface area contributed by atoms with Gasteiger partial charge in [0.15, 0.2) is 0 Å². The van der Waals surface area contributed by atoms with Crippen molar-refractivity contribution in [2.24, 2.45) is 11.8 Å². The Hall–Kier alpha value is -0.220. The van der Waals surface area contributed by atoms with Crippen molar-refractivity contribution in [3.05, 3.63) is 0 Å². The Morgan fingerprint density at radius 3 is 2.65 bits per heavy atom. The molecule has 2 unspecified atom stereocenters. The van der Waals surface area contributed by atoms with Gasteiger partial charge in [0.25, 0.3) is 0 Å². The average Bonchev–Trinajstić information content (AvgIpc) is 2.27. The third kappa shape index (κ3) is 6.94. The van der Waals surface area contributed by atoms with Crippen LogP contribution in [0.15, 0.2) is 0 Å². The summed E-state index contributed by atoms with van der Waals surface area (Å²) in [5, 5.41) is 12.2. The quantitative estimate of drug-likeness (QED) is 0.767. The van der Waals surface area contributed by atoms with Crippen LogP contribution in [0.1, 0.15) is 39.5 Å². The topological polar surface area (TPSA) is 49.3 Å². The Morgan fingerprint density at radius 1 is 1.41 bits per heavy atom. The highest BCUT2D eigenvalue weighted by Gasteiger charge is 2.17. The number of carbonyl (C=O) groups is 1. The van der Waals surface area contributed by atoms with Crippen molar-refractivity contribution in [2.75, 3.05) is 18.1 Å². The van der Waals surface area contributed by atoms with Crippen molar-refractivity contribution < 1.29 is 9.90 Å². The van der Waals surface area contributed by atoms with Gasteiger partial charge in [-0.3, -0.25) is 4.79 Å². The second-order valence-electron chi connectivity index (χ2n) is 5.25. The smallest absolute Gasteiger partial charge is 0.220 e. The molecule has 1 rings (SSSR count). The number of hydrogen-bond acceptors (Lipinski definition) is 3. The van der Waals surface area contributed by atoms with Crippen molar-refractivity contribution in [3.63, 3.8) is 0 Å². The normalized spacial score (nSPS) is 20.9. The zero-order valence-corrected chi connectivity index (χ0v) is 11.8. The predicted octanol–water partition coefficient (Wildman–Crippen LogP) is 2.04. The van der Waals surface area contributed by atoms with Gasteiger partial charge in [-0.2, -0.15) is 11.8 Å². The molecule has 0 saturated carbocycles.